The van der Waals surface area contributed by atoms with Crippen LogP contribution in [-0.2, 0) is 4.84 Å². The highest BCUT2D eigenvalue weighted by Gasteiger charge is 2.41. The van der Waals surface area contributed by atoms with Gasteiger partial charge in [-0.05, 0) is 13.0 Å². The van der Waals surface area contributed by atoms with E-state index in [1.807, 2.05) is 6.08 Å². The molecule has 110 valence electrons. The first-order valence-electron chi connectivity index (χ1n) is 6.69. The van der Waals surface area contributed by atoms with Crippen LogP contribution in [0.15, 0.2) is 31.1 Å². The Balaban J connectivity index is 1.84. The molecule has 0 N–H and O–H groups in total. The molecule has 0 radical (unpaired) electrons. The Hall–Kier alpha value is -2.41. The number of nitrogens with zero attached hydrogens (tertiary/aromatic N) is 4. The Kier molecular flexibility index (Phi) is 3.34. The maximum Gasteiger partial charge on any atom is 0.345 e. The smallest absolute Gasteiger partial charge is 0.314 e. The van der Waals surface area contributed by atoms with Crippen LogP contribution in [0, 0.1) is 0 Å². The van der Waals surface area contributed by atoms with Gasteiger partial charge >= 0.3 is 6.03 Å². The summed E-state index contributed by atoms with van der Waals surface area (Å²) in [5.41, 5.74) is 1.41. The Bertz CT molecular complexity index is 634. The van der Waals surface area contributed by atoms with Gasteiger partial charge in [0.25, 0.3) is 0 Å². The van der Waals surface area contributed by atoms with Gasteiger partial charge in [0.15, 0.2) is 5.78 Å². The van der Waals surface area contributed by atoms with E-state index < -0.39 is 0 Å². The molecule has 1 aromatic rings. The topological polar surface area (TPSA) is 67.7 Å². The van der Waals surface area contributed by atoms with E-state index in [9.17, 15) is 9.59 Å². The number of hydrogen-bond acceptors (Lipinski definition) is 4. The van der Waals surface area contributed by atoms with Crippen LogP contribution in [0.25, 0.3) is 5.70 Å². The molecule has 0 saturated carbocycles. The zero-order valence-electron chi connectivity index (χ0n) is 11.7. The van der Waals surface area contributed by atoms with Crippen LogP contribution in [0.4, 0.5) is 4.79 Å². The molecular formula is C14H16N4O3. The lowest BCUT2D eigenvalue weighted by atomic mass is 10.2. The molecule has 1 unspecified atom stereocenters. The maximum absolute atomic E-state index is 12.2. The van der Waals surface area contributed by atoms with E-state index in [1.54, 1.807) is 21.9 Å². The number of rotatable bonds is 5. The second kappa shape index (κ2) is 5.17. The summed E-state index contributed by atoms with van der Waals surface area (Å²) in [5.74, 6) is -0.0343. The molecule has 1 fully saturated rings. The molecule has 0 aromatic carbocycles. The summed E-state index contributed by atoms with van der Waals surface area (Å²) < 4.78 is 1.64. The Morgan fingerprint density at radius 2 is 2.43 bits per heavy atom. The van der Waals surface area contributed by atoms with E-state index in [1.165, 1.54) is 18.2 Å². The molecule has 3 rings (SSSR count). The van der Waals surface area contributed by atoms with Gasteiger partial charge in [-0.2, -0.15) is 10.2 Å². The number of hydroxylamine groups is 2. The molecule has 3 heterocycles. The predicted octanol–water partition coefficient (Wildman–Crippen LogP) is 1.16. The highest BCUT2D eigenvalue weighted by molar-refractivity contribution is 5.93. The number of carbonyl (C=O) groups is 2. The first-order valence-corrected chi connectivity index (χ1v) is 6.69. The average molecular weight is 288 g/mol. The number of urea groups is 1. The van der Waals surface area contributed by atoms with E-state index in [2.05, 4.69) is 11.7 Å². The molecular weight excluding hydrogens is 272 g/mol. The van der Waals surface area contributed by atoms with Crippen molar-refractivity contribution in [2.45, 2.75) is 13.0 Å². The van der Waals surface area contributed by atoms with Crippen molar-refractivity contribution in [3.8, 4) is 0 Å². The summed E-state index contributed by atoms with van der Waals surface area (Å²) in [6.45, 7) is 6.41. The van der Waals surface area contributed by atoms with Crippen molar-refractivity contribution in [2.24, 2.45) is 0 Å². The summed E-state index contributed by atoms with van der Waals surface area (Å²) in [6.07, 6.45) is 6.76. The number of hydrogen-bond donors (Lipinski definition) is 0. The van der Waals surface area contributed by atoms with E-state index in [0.717, 1.165) is 5.70 Å². The van der Waals surface area contributed by atoms with Gasteiger partial charge in [0.2, 0.25) is 0 Å². The van der Waals surface area contributed by atoms with E-state index in [-0.39, 0.29) is 24.5 Å². The van der Waals surface area contributed by atoms with Crippen LogP contribution < -0.4 is 0 Å². The molecule has 1 saturated heterocycles. The van der Waals surface area contributed by atoms with Gasteiger partial charge in [-0.25, -0.2) is 9.48 Å². The van der Waals surface area contributed by atoms with Crippen LogP contribution >= 0.6 is 0 Å². The van der Waals surface area contributed by atoms with Gasteiger partial charge in [-0.3, -0.25) is 9.63 Å². The molecule has 2 aliphatic heterocycles. The Labute approximate surface area is 122 Å². The van der Waals surface area contributed by atoms with Crippen molar-refractivity contribution in [1.29, 1.82) is 0 Å². The first-order chi connectivity index (χ1) is 10.1. The number of fused-ring (bicyclic) bond motifs is 2. The molecule has 1 aromatic heterocycles. The molecule has 2 amide bonds. The lowest BCUT2D eigenvalue weighted by Gasteiger charge is -2.21. The van der Waals surface area contributed by atoms with E-state index in [0.29, 0.717) is 18.7 Å². The third kappa shape index (κ3) is 2.36. The van der Waals surface area contributed by atoms with Gasteiger partial charge in [0, 0.05) is 12.7 Å². The van der Waals surface area contributed by atoms with E-state index >= 15 is 0 Å². The largest absolute Gasteiger partial charge is 0.345 e. The van der Waals surface area contributed by atoms with Crippen LogP contribution in [0.3, 0.4) is 0 Å². The monoisotopic (exact) mass is 288 g/mol. The molecule has 7 heteroatoms. The third-order valence-corrected chi connectivity index (χ3v) is 3.52. The fraction of sp³-hybridized carbons (Fsp3) is 0.357. The van der Waals surface area contributed by atoms with Crippen molar-refractivity contribution >= 4 is 17.5 Å². The number of aromatic nitrogens is 2. The SMILES string of the molecule is C=CCON1C(=O)N2CC(n3cc(C(C)=O)cn3)=CC1C2. The maximum atomic E-state index is 12.2. The first kappa shape index (κ1) is 13.6. The van der Waals surface area contributed by atoms with Crippen LogP contribution in [-0.4, -0.2) is 57.3 Å². The minimum atomic E-state index is -0.160. The predicted molar refractivity (Wildman–Crippen MR) is 75.2 cm³/mol. The highest BCUT2D eigenvalue weighted by Crippen LogP contribution is 2.26. The Morgan fingerprint density at radius 3 is 3.10 bits per heavy atom. The van der Waals surface area contributed by atoms with E-state index in [4.69, 9.17) is 4.84 Å². The van der Waals surface area contributed by atoms with Crippen molar-refractivity contribution in [2.75, 3.05) is 19.7 Å². The number of Topliss-reactive ketones (excluding diaryl/α,β-unsaturated/α-hetero) is 1. The van der Waals surface area contributed by atoms with Gasteiger partial charge in [0.05, 0.1) is 36.7 Å². The summed E-state index contributed by atoms with van der Waals surface area (Å²) in [7, 11) is 0. The van der Waals surface area contributed by atoms with Crippen molar-refractivity contribution in [3.05, 3.63) is 36.7 Å². The Morgan fingerprint density at radius 1 is 1.62 bits per heavy atom. The zero-order chi connectivity index (χ0) is 15.0. The number of ketones is 1. The van der Waals surface area contributed by atoms with Crippen molar-refractivity contribution < 1.29 is 14.4 Å². The average Bonchev–Trinajstić information content (AvgIpc) is 3.03. The molecule has 0 aliphatic carbocycles. The molecule has 0 spiro atoms. The number of amides is 2. The van der Waals surface area contributed by atoms with Crippen LogP contribution in [0.5, 0.6) is 0 Å². The fourth-order valence-electron chi connectivity index (χ4n) is 2.48. The van der Waals surface area contributed by atoms with Gasteiger partial charge in [0.1, 0.15) is 0 Å². The minimum Gasteiger partial charge on any atom is -0.314 e. The summed E-state index contributed by atoms with van der Waals surface area (Å²) in [5, 5.41) is 5.55. The molecule has 7 nitrogen and oxygen atoms in total. The lowest BCUT2D eigenvalue weighted by molar-refractivity contribution is -0.107. The summed E-state index contributed by atoms with van der Waals surface area (Å²) in [4.78, 5) is 30.6. The molecule has 2 aliphatic rings. The highest BCUT2D eigenvalue weighted by atomic mass is 16.7. The third-order valence-electron chi connectivity index (χ3n) is 3.52. The van der Waals surface area contributed by atoms with Gasteiger partial charge in [-0.1, -0.05) is 6.08 Å². The quantitative estimate of drug-likeness (QED) is 0.602. The van der Waals surface area contributed by atoms with Crippen LogP contribution in [0.1, 0.15) is 17.3 Å². The zero-order valence-corrected chi connectivity index (χ0v) is 11.7. The molecule has 21 heavy (non-hydrogen) atoms. The fourth-order valence-corrected chi connectivity index (χ4v) is 2.48. The van der Waals surface area contributed by atoms with Crippen LogP contribution in [0.2, 0.25) is 0 Å². The van der Waals surface area contributed by atoms with Gasteiger partial charge < -0.3 is 4.90 Å². The normalized spacial score (nSPS) is 20.7. The summed E-state index contributed by atoms with van der Waals surface area (Å²) >= 11 is 0. The standard InChI is InChI=1S/C14H16N4O3/c1-3-4-21-18-13-5-12(8-16(9-13)14(18)20)17-7-11(6-15-17)10(2)19/h3,5-7,13H,1,4,8-9H2,2H3. The summed E-state index contributed by atoms with van der Waals surface area (Å²) in [6, 6.07) is -0.307. The van der Waals surface area contributed by atoms with Gasteiger partial charge in [-0.15, -0.1) is 6.58 Å². The molecule has 1 atom stereocenters. The second-order valence-corrected chi connectivity index (χ2v) is 5.03. The molecule has 2 bridgehead atoms. The minimum absolute atomic E-state index is 0.0343. The van der Waals surface area contributed by atoms with Crippen molar-refractivity contribution in [3.63, 3.8) is 0 Å². The number of carbonyl (C=O) groups excluding carboxylic acids is 2. The second-order valence-electron chi connectivity index (χ2n) is 5.03. The lowest BCUT2D eigenvalue weighted by Crippen LogP contribution is -2.33. The van der Waals surface area contributed by atoms with Crippen molar-refractivity contribution in [1.82, 2.24) is 19.7 Å².